The predicted octanol–water partition coefficient (Wildman–Crippen LogP) is 2.24. The Morgan fingerprint density at radius 2 is 2.40 bits per heavy atom. The molecule has 3 rings (SSSR count). The molecule has 3 heterocycles. The number of rotatable bonds is 4. The van der Waals surface area contributed by atoms with Gasteiger partial charge in [0.2, 0.25) is 5.91 Å². The SMILES string of the molecule is CC(C)C1NC(c2cccs2)N(CC2CCOC2)C1=O. The number of carbonyl (C=O) groups excluding carboxylic acids is 1. The van der Waals surface area contributed by atoms with Crippen molar-refractivity contribution in [1.82, 2.24) is 10.2 Å². The van der Waals surface area contributed by atoms with Crippen LogP contribution in [0.2, 0.25) is 0 Å². The quantitative estimate of drug-likeness (QED) is 0.926. The maximum atomic E-state index is 12.7. The molecule has 2 aliphatic heterocycles. The number of thiophene rings is 1. The standard InChI is InChI=1S/C15H22N2O2S/c1-10(2)13-15(18)17(8-11-5-6-19-9-11)14(16-13)12-4-3-7-20-12/h3-4,7,10-11,13-14,16H,5-6,8-9H2,1-2H3. The van der Waals surface area contributed by atoms with Gasteiger partial charge in [-0.05, 0) is 23.8 Å². The van der Waals surface area contributed by atoms with Crippen LogP contribution in [0.3, 0.4) is 0 Å². The molecule has 110 valence electrons. The van der Waals surface area contributed by atoms with E-state index in [0.717, 1.165) is 26.2 Å². The average molecular weight is 294 g/mol. The van der Waals surface area contributed by atoms with Crippen LogP contribution in [0.15, 0.2) is 17.5 Å². The normalized spacial score (nSPS) is 30.6. The maximum Gasteiger partial charge on any atom is 0.241 e. The van der Waals surface area contributed by atoms with Crippen molar-refractivity contribution in [2.45, 2.75) is 32.5 Å². The van der Waals surface area contributed by atoms with Gasteiger partial charge in [0.25, 0.3) is 0 Å². The van der Waals surface area contributed by atoms with Gasteiger partial charge in [-0.15, -0.1) is 11.3 Å². The predicted molar refractivity (Wildman–Crippen MR) is 79.5 cm³/mol. The molecule has 5 heteroatoms. The second kappa shape index (κ2) is 5.84. The van der Waals surface area contributed by atoms with E-state index in [9.17, 15) is 4.79 Å². The van der Waals surface area contributed by atoms with E-state index in [1.807, 2.05) is 11.0 Å². The van der Waals surface area contributed by atoms with Crippen LogP contribution in [-0.2, 0) is 9.53 Å². The van der Waals surface area contributed by atoms with Crippen molar-refractivity contribution in [3.63, 3.8) is 0 Å². The molecule has 0 bridgehead atoms. The van der Waals surface area contributed by atoms with Gasteiger partial charge >= 0.3 is 0 Å². The summed E-state index contributed by atoms with van der Waals surface area (Å²) in [6.07, 6.45) is 1.10. The molecular formula is C15H22N2O2S. The van der Waals surface area contributed by atoms with Crippen molar-refractivity contribution >= 4 is 17.2 Å². The topological polar surface area (TPSA) is 41.6 Å². The lowest BCUT2D eigenvalue weighted by Gasteiger charge is -2.25. The molecular weight excluding hydrogens is 272 g/mol. The molecule has 1 aromatic heterocycles. The van der Waals surface area contributed by atoms with Gasteiger partial charge in [0.15, 0.2) is 0 Å². The monoisotopic (exact) mass is 294 g/mol. The fraction of sp³-hybridized carbons (Fsp3) is 0.667. The minimum atomic E-state index is -0.0654. The lowest BCUT2D eigenvalue weighted by atomic mass is 10.0. The Bertz CT molecular complexity index is 454. The molecule has 20 heavy (non-hydrogen) atoms. The summed E-state index contributed by atoms with van der Waals surface area (Å²) < 4.78 is 5.45. The number of nitrogens with zero attached hydrogens (tertiary/aromatic N) is 1. The lowest BCUT2D eigenvalue weighted by molar-refractivity contribution is -0.131. The van der Waals surface area contributed by atoms with Crippen LogP contribution in [0.5, 0.6) is 0 Å². The van der Waals surface area contributed by atoms with E-state index in [4.69, 9.17) is 4.74 Å². The minimum absolute atomic E-state index is 0.0375. The molecule has 3 atom stereocenters. The average Bonchev–Trinajstić information content (AvgIpc) is 3.13. The highest BCUT2D eigenvalue weighted by Crippen LogP contribution is 2.32. The van der Waals surface area contributed by atoms with Crippen LogP contribution in [0, 0.1) is 11.8 Å². The first-order chi connectivity index (χ1) is 9.66. The molecule has 2 saturated heterocycles. The Morgan fingerprint density at radius 3 is 3.00 bits per heavy atom. The second-order valence-electron chi connectivity index (χ2n) is 6.03. The molecule has 0 aliphatic carbocycles. The number of carbonyl (C=O) groups is 1. The molecule has 0 spiro atoms. The first kappa shape index (κ1) is 14.0. The Kier molecular flexibility index (Phi) is 4.10. The number of hydrogen-bond donors (Lipinski definition) is 1. The summed E-state index contributed by atoms with van der Waals surface area (Å²) in [5.41, 5.74) is 0. The first-order valence-electron chi connectivity index (χ1n) is 7.34. The van der Waals surface area contributed by atoms with Gasteiger partial charge in [-0.2, -0.15) is 0 Å². The molecule has 1 amide bonds. The maximum absolute atomic E-state index is 12.7. The third kappa shape index (κ3) is 2.62. The zero-order valence-electron chi connectivity index (χ0n) is 12.0. The van der Waals surface area contributed by atoms with E-state index in [-0.39, 0.29) is 18.1 Å². The summed E-state index contributed by atoms with van der Waals surface area (Å²) >= 11 is 1.71. The summed E-state index contributed by atoms with van der Waals surface area (Å²) in [7, 11) is 0. The van der Waals surface area contributed by atoms with Gasteiger partial charge in [0.05, 0.1) is 12.6 Å². The van der Waals surface area contributed by atoms with Crippen molar-refractivity contribution in [1.29, 1.82) is 0 Å². The first-order valence-corrected chi connectivity index (χ1v) is 8.22. The van der Waals surface area contributed by atoms with Crippen LogP contribution in [0.25, 0.3) is 0 Å². The number of amides is 1. The van der Waals surface area contributed by atoms with E-state index < -0.39 is 0 Å². The van der Waals surface area contributed by atoms with Gasteiger partial charge in [-0.1, -0.05) is 19.9 Å². The van der Waals surface area contributed by atoms with Crippen molar-refractivity contribution in [3.8, 4) is 0 Å². The van der Waals surface area contributed by atoms with Gasteiger partial charge in [0.1, 0.15) is 6.17 Å². The van der Waals surface area contributed by atoms with Crippen LogP contribution in [-0.4, -0.2) is 36.6 Å². The summed E-state index contributed by atoms with van der Waals surface area (Å²) in [4.78, 5) is 15.9. The number of ether oxygens (including phenoxy) is 1. The second-order valence-corrected chi connectivity index (χ2v) is 7.01. The van der Waals surface area contributed by atoms with E-state index in [1.165, 1.54) is 4.88 Å². The van der Waals surface area contributed by atoms with Crippen LogP contribution < -0.4 is 5.32 Å². The van der Waals surface area contributed by atoms with E-state index in [2.05, 4.69) is 30.6 Å². The Labute approximate surface area is 124 Å². The van der Waals surface area contributed by atoms with Crippen LogP contribution in [0.4, 0.5) is 0 Å². The lowest BCUT2D eigenvalue weighted by Crippen LogP contribution is -2.36. The summed E-state index contributed by atoms with van der Waals surface area (Å²) in [5, 5.41) is 5.58. The van der Waals surface area contributed by atoms with Gasteiger partial charge in [-0.3, -0.25) is 10.1 Å². The minimum Gasteiger partial charge on any atom is -0.381 e. The van der Waals surface area contributed by atoms with Gasteiger partial charge in [-0.25, -0.2) is 0 Å². The zero-order valence-corrected chi connectivity index (χ0v) is 12.9. The third-order valence-electron chi connectivity index (χ3n) is 4.16. The molecule has 1 aromatic rings. The van der Waals surface area contributed by atoms with Crippen molar-refractivity contribution in [2.24, 2.45) is 11.8 Å². The fourth-order valence-electron chi connectivity index (χ4n) is 3.00. The third-order valence-corrected chi connectivity index (χ3v) is 5.08. The fourth-order valence-corrected chi connectivity index (χ4v) is 3.79. The summed E-state index contributed by atoms with van der Waals surface area (Å²) in [6, 6.07) is 4.09. The van der Waals surface area contributed by atoms with Crippen LogP contribution in [0.1, 0.15) is 31.3 Å². The molecule has 4 nitrogen and oxygen atoms in total. The van der Waals surface area contributed by atoms with Crippen molar-refractivity contribution in [2.75, 3.05) is 19.8 Å². The van der Waals surface area contributed by atoms with E-state index in [0.29, 0.717) is 11.8 Å². The Morgan fingerprint density at radius 1 is 1.55 bits per heavy atom. The Balaban J connectivity index is 1.80. The van der Waals surface area contributed by atoms with E-state index >= 15 is 0 Å². The van der Waals surface area contributed by atoms with Gasteiger partial charge in [0, 0.05) is 23.9 Å². The van der Waals surface area contributed by atoms with Crippen molar-refractivity contribution in [3.05, 3.63) is 22.4 Å². The molecule has 2 aliphatic rings. The van der Waals surface area contributed by atoms with Crippen LogP contribution >= 0.6 is 11.3 Å². The highest BCUT2D eigenvalue weighted by molar-refractivity contribution is 7.10. The van der Waals surface area contributed by atoms with Crippen molar-refractivity contribution < 1.29 is 9.53 Å². The number of nitrogens with one attached hydrogen (secondary N) is 1. The smallest absolute Gasteiger partial charge is 0.241 e. The molecule has 1 N–H and O–H groups in total. The number of hydrogen-bond acceptors (Lipinski definition) is 4. The molecule has 3 unspecified atom stereocenters. The molecule has 0 aromatic carbocycles. The molecule has 0 saturated carbocycles. The highest BCUT2D eigenvalue weighted by atomic mass is 32.1. The summed E-state index contributed by atoms with van der Waals surface area (Å²) in [5.74, 6) is 1.04. The summed E-state index contributed by atoms with van der Waals surface area (Å²) in [6.45, 7) is 6.62. The molecule has 0 radical (unpaired) electrons. The van der Waals surface area contributed by atoms with E-state index in [1.54, 1.807) is 11.3 Å². The zero-order chi connectivity index (χ0) is 14.1. The largest absolute Gasteiger partial charge is 0.381 e. The van der Waals surface area contributed by atoms with Gasteiger partial charge < -0.3 is 9.64 Å². The Hall–Kier alpha value is -0.910. The highest BCUT2D eigenvalue weighted by Gasteiger charge is 2.42. The molecule has 2 fully saturated rings.